The highest BCUT2D eigenvalue weighted by Gasteiger charge is 2.15. The average molecular weight is 478 g/mol. The van der Waals surface area contributed by atoms with Gasteiger partial charge in [-0.25, -0.2) is 0 Å². The van der Waals surface area contributed by atoms with E-state index in [9.17, 15) is 9.59 Å². The summed E-state index contributed by atoms with van der Waals surface area (Å²) in [5.41, 5.74) is 2.87. The van der Waals surface area contributed by atoms with Crippen molar-refractivity contribution in [3.05, 3.63) is 77.2 Å². The van der Waals surface area contributed by atoms with Crippen LogP contribution in [0.25, 0.3) is 10.7 Å². The van der Waals surface area contributed by atoms with Crippen molar-refractivity contribution in [3.8, 4) is 10.7 Å². The molecule has 2 aromatic heterocycles. The van der Waals surface area contributed by atoms with Gasteiger partial charge in [-0.2, -0.15) is 0 Å². The van der Waals surface area contributed by atoms with Gasteiger partial charge in [-0.05, 0) is 61.2 Å². The number of thiophene rings is 1. The number of carbonyl (C=O) groups excluding carboxylic acids is 2. The summed E-state index contributed by atoms with van der Waals surface area (Å²) >= 11 is 2.96. The van der Waals surface area contributed by atoms with Crippen molar-refractivity contribution in [2.75, 3.05) is 16.4 Å². The molecule has 168 valence electrons. The van der Waals surface area contributed by atoms with E-state index < -0.39 is 0 Å². The van der Waals surface area contributed by atoms with Crippen LogP contribution in [0.15, 0.2) is 71.2 Å². The lowest BCUT2D eigenvalue weighted by atomic mass is 10.1. The molecule has 2 N–H and O–H groups in total. The lowest BCUT2D eigenvalue weighted by Crippen LogP contribution is -2.15. The Kier molecular flexibility index (Phi) is 7.21. The number of benzene rings is 2. The Morgan fingerprint density at radius 1 is 0.970 bits per heavy atom. The Morgan fingerprint density at radius 2 is 1.70 bits per heavy atom. The number of aryl methyl sites for hydroxylation is 1. The summed E-state index contributed by atoms with van der Waals surface area (Å²) in [4.78, 5) is 26.0. The zero-order valence-electron chi connectivity index (χ0n) is 18.2. The summed E-state index contributed by atoms with van der Waals surface area (Å²) in [6.07, 6.45) is 0. The Labute approximate surface area is 200 Å². The van der Waals surface area contributed by atoms with Crippen LogP contribution < -0.4 is 10.6 Å². The number of nitrogens with one attached hydrogen (secondary N) is 2. The van der Waals surface area contributed by atoms with E-state index >= 15 is 0 Å². The molecule has 2 amide bonds. The van der Waals surface area contributed by atoms with Gasteiger partial charge in [-0.15, -0.1) is 21.5 Å². The number of hydrogen-bond acceptors (Lipinski definition) is 6. The SMILES string of the molecule is CCn1c(SCC(=O)Nc2ccc(NC(=O)c3ccccc3C)cc2)nnc1-c1cccs1. The van der Waals surface area contributed by atoms with Crippen LogP contribution in [0.3, 0.4) is 0 Å². The van der Waals surface area contributed by atoms with Crippen molar-refractivity contribution in [3.63, 3.8) is 0 Å². The van der Waals surface area contributed by atoms with E-state index in [4.69, 9.17) is 0 Å². The Hall–Kier alpha value is -3.43. The Bertz CT molecular complexity index is 1250. The molecular weight excluding hydrogens is 454 g/mol. The number of hydrogen-bond donors (Lipinski definition) is 2. The maximum absolute atomic E-state index is 12.5. The van der Waals surface area contributed by atoms with Gasteiger partial charge in [-0.1, -0.05) is 36.0 Å². The van der Waals surface area contributed by atoms with E-state index in [0.717, 1.165) is 22.8 Å². The van der Waals surface area contributed by atoms with Gasteiger partial charge in [0.2, 0.25) is 5.91 Å². The molecule has 0 aliphatic heterocycles. The molecule has 0 bridgehead atoms. The minimum Gasteiger partial charge on any atom is -0.325 e. The second-order valence-corrected chi connectivity index (χ2v) is 9.10. The lowest BCUT2D eigenvalue weighted by Gasteiger charge is -2.09. The normalized spacial score (nSPS) is 10.7. The van der Waals surface area contributed by atoms with Gasteiger partial charge in [-0.3, -0.25) is 9.59 Å². The van der Waals surface area contributed by atoms with Crippen molar-refractivity contribution in [2.45, 2.75) is 25.5 Å². The molecule has 7 nitrogen and oxygen atoms in total. The van der Waals surface area contributed by atoms with Gasteiger partial charge in [0, 0.05) is 23.5 Å². The largest absolute Gasteiger partial charge is 0.325 e. The molecule has 0 aliphatic carbocycles. The fraction of sp³-hybridized carbons (Fsp3) is 0.167. The maximum atomic E-state index is 12.5. The number of thioether (sulfide) groups is 1. The van der Waals surface area contributed by atoms with Crippen molar-refractivity contribution in [1.29, 1.82) is 0 Å². The molecule has 0 atom stereocenters. The smallest absolute Gasteiger partial charge is 0.255 e. The van der Waals surface area contributed by atoms with Gasteiger partial charge < -0.3 is 15.2 Å². The molecular formula is C24H23N5O2S2. The van der Waals surface area contributed by atoms with E-state index in [1.807, 2.05) is 54.1 Å². The van der Waals surface area contributed by atoms with E-state index in [1.165, 1.54) is 11.8 Å². The van der Waals surface area contributed by atoms with Gasteiger partial charge in [0.05, 0.1) is 10.6 Å². The van der Waals surface area contributed by atoms with Crippen LogP contribution in [0, 0.1) is 6.92 Å². The minimum absolute atomic E-state index is 0.139. The van der Waals surface area contributed by atoms with Gasteiger partial charge in [0.25, 0.3) is 5.91 Å². The molecule has 0 radical (unpaired) electrons. The van der Waals surface area contributed by atoms with Gasteiger partial charge in [0.15, 0.2) is 11.0 Å². The van der Waals surface area contributed by atoms with Crippen LogP contribution >= 0.6 is 23.1 Å². The van der Waals surface area contributed by atoms with E-state index in [0.29, 0.717) is 22.1 Å². The van der Waals surface area contributed by atoms with Gasteiger partial charge >= 0.3 is 0 Å². The second kappa shape index (κ2) is 10.5. The number of amides is 2. The predicted molar refractivity (Wildman–Crippen MR) is 134 cm³/mol. The third-order valence-corrected chi connectivity index (χ3v) is 6.76. The third kappa shape index (κ3) is 5.50. The number of aromatic nitrogens is 3. The molecule has 9 heteroatoms. The highest BCUT2D eigenvalue weighted by Crippen LogP contribution is 2.27. The maximum Gasteiger partial charge on any atom is 0.255 e. The van der Waals surface area contributed by atoms with Crippen molar-refractivity contribution < 1.29 is 9.59 Å². The fourth-order valence-corrected chi connectivity index (χ4v) is 4.78. The monoisotopic (exact) mass is 477 g/mol. The Balaban J connectivity index is 1.32. The molecule has 0 aliphatic rings. The number of carbonyl (C=O) groups is 2. The summed E-state index contributed by atoms with van der Waals surface area (Å²) in [5.74, 6) is 0.732. The molecule has 4 aromatic rings. The second-order valence-electron chi connectivity index (χ2n) is 7.21. The Morgan fingerprint density at radius 3 is 2.36 bits per heavy atom. The van der Waals surface area contributed by atoms with Crippen LogP contribution in [0.4, 0.5) is 11.4 Å². The topological polar surface area (TPSA) is 88.9 Å². The first-order valence-electron chi connectivity index (χ1n) is 10.4. The lowest BCUT2D eigenvalue weighted by molar-refractivity contribution is -0.113. The molecule has 0 saturated carbocycles. The molecule has 4 rings (SSSR count). The quantitative estimate of drug-likeness (QED) is 0.335. The number of anilines is 2. The van der Waals surface area contributed by atoms with Crippen LogP contribution in [-0.2, 0) is 11.3 Å². The summed E-state index contributed by atoms with van der Waals surface area (Å²) in [5, 5.41) is 17.0. The van der Waals surface area contributed by atoms with Crippen molar-refractivity contribution in [2.24, 2.45) is 0 Å². The standard InChI is InChI=1S/C24H23N5O2S2/c1-3-29-22(20-9-6-14-32-20)27-28-24(29)33-15-21(30)25-17-10-12-18(13-11-17)26-23(31)19-8-5-4-7-16(19)2/h4-14H,3,15H2,1-2H3,(H,25,30)(H,26,31). The van der Waals surface area contributed by atoms with Crippen molar-refractivity contribution in [1.82, 2.24) is 14.8 Å². The molecule has 2 heterocycles. The summed E-state index contributed by atoms with van der Waals surface area (Å²) in [6.45, 7) is 4.65. The van der Waals surface area contributed by atoms with E-state index in [2.05, 4.69) is 20.8 Å². The highest BCUT2D eigenvalue weighted by molar-refractivity contribution is 7.99. The summed E-state index contributed by atoms with van der Waals surface area (Å²) in [7, 11) is 0. The van der Waals surface area contributed by atoms with Crippen LogP contribution in [-0.4, -0.2) is 32.3 Å². The molecule has 33 heavy (non-hydrogen) atoms. The molecule has 0 saturated heterocycles. The first kappa shape index (κ1) is 22.8. The van der Waals surface area contributed by atoms with Crippen LogP contribution in [0.2, 0.25) is 0 Å². The summed E-state index contributed by atoms with van der Waals surface area (Å²) in [6, 6.07) is 18.5. The zero-order chi connectivity index (χ0) is 23.2. The number of nitrogens with zero attached hydrogens (tertiary/aromatic N) is 3. The minimum atomic E-state index is -0.164. The first-order chi connectivity index (χ1) is 16.0. The third-order valence-electron chi connectivity index (χ3n) is 4.92. The summed E-state index contributed by atoms with van der Waals surface area (Å²) < 4.78 is 2.01. The highest BCUT2D eigenvalue weighted by atomic mass is 32.2. The first-order valence-corrected chi connectivity index (χ1v) is 12.3. The van der Waals surface area contributed by atoms with Gasteiger partial charge in [0.1, 0.15) is 0 Å². The molecule has 2 aromatic carbocycles. The molecule has 0 fully saturated rings. The average Bonchev–Trinajstić information content (AvgIpc) is 3.48. The van der Waals surface area contributed by atoms with Crippen LogP contribution in [0.1, 0.15) is 22.8 Å². The van der Waals surface area contributed by atoms with E-state index in [-0.39, 0.29) is 17.6 Å². The van der Waals surface area contributed by atoms with E-state index in [1.54, 1.807) is 41.7 Å². The molecule has 0 spiro atoms. The molecule has 0 unspecified atom stereocenters. The van der Waals surface area contributed by atoms with Crippen LogP contribution in [0.5, 0.6) is 0 Å². The zero-order valence-corrected chi connectivity index (χ0v) is 19.9. The van der Waals surface area contributed by atoms with Crippen molar-refractivity contribution >= 4 is 46.3 Å². The fourth-order valence-electron chi connectivity index (χ4n) is 3.26. The predicted octanol–water partition coefficient (Wildman–Crippen LogP) is 5.32. The number of rotatable bonds is 8.